The van der Waals surface area contributed by atoms with E-state index in [1.165, 1.54) is 10.9 Å². The molecule has 0 aliphatic rings. The summed E-state index contributed by atoms with van der Waals surface area (Å²) in [5, 5.41) is 4.57. The van der Waals surface area contributed by atoms with Crippen LogP contribution in [0, 0.1) is 0 Å². The minimum absolute atomic E-state index is 0.300. The lowest BCUT2D eigenvalue weighted by Crippen LogP contribution is -2.13. The molecule has 2 aromatic rings. The molecular weight excluding hydrogens is 200 g/mol. The van der Waals surface area contributed by atoms with Crippen molar-refractivity contribution in [3.8, 4) is 0 Å². The Bertz CT molecular complexity index is 448. The standard InChI is InChI=1S/C13H18N2O/c1-10(2)16-8-7-14-12-3-4-13-11(9-12)5-6-15-13/h3-6,9-10,14-15H,7-8H2,1-2H3. The third-order valence-electron chi connectivity index (χ3n) is 2.44. The van der Waals surface area contributed by atoms with Crippen LogP contribution >= 0.6 is 0 Å². The molecule has 0 amide bonds. The van der Waals surface area contributed by atoms with E-state index in [9.17, 15) is 0 Å². The molecule has 0 fully saturated rings. The zero-order chi connectivity index (χ0) is 11.4. The number of anilines is 1. The van der Waals surface area contributed by atoms with Crippen LogP contribution in [0.15, 0.2) is 30.5 Å². The van der Waals surface area contributed by atoms with Crippen molar-refractivity contribution in [1.29, 1.82) is 0 Å². The molecule has 0 radical (unpaired) electrons. The van der Waals surface area contributed by atoms with Crippen LogP contribution < -0.4 is 5.32 Å². The van der Waals surface area contributed by atoms with Gasteiger partial charge in [-0.25, -0.2) is 0 Å². The van der Waals surface area contributed by atoms with Gasteiger partial charge in [-0.05, 0) is 38.1 Å². The van der Waals surface area contributed by atoms with Crippen LogP contribution in [0.25, 0.3) is 10.9 Å². The van der Waals surface area contributed by atoms with Crippen LogP contribution in [0.4, 0.5) is 5.69 Å². The van der Waals surface area contributed by atoms with Crippen molar-refractivity contribution in [3.63, 3.8) is 0 Å². The second kappa shape index (κ2) is 5.03. The second-order valence-electron chi connectivity index (χ2n) is 4.13. The number of nitrogens with one attached hydrogen (secondary N) is 2. The molecule has 1 heterocycles. The molecule has 3 heteroatoms. The van der Waals surface area contributed by atoms with E-state index >= 15 is 0 Å². The molecule has 1 aromatic carbocycles. The Morgan fingerprint density at radius 2 is 2.19 bits per heavy atom. The van der Waals surface area contributed by atoms with E-state index in [-0.39, 0.29) is 0 Å². The van der Waals surface area contributed by atoms with Gasteiger partial charge in [0.05, 0.1) is 12.7 Å². The Kier molecular flexibility index (Phi) is 3.47. The first-order valence-corrected chi connectivity index (χ1v) is 5.68. The van der Waals surface area contributed by atoms with Crippen LogP contribution in [0.1, 0.15) is 13.8 Å². The summed E-state index contributed by atoms with van der Waals surface area (Å²) in [5.41, 5.74) is 2.31. The number of aromatic amines is 1. The number of benzene rings is 1. The summed E-state index contributed by atoms with van der Waals surface area (Å²) in [6.45, 7) is 5.68. The van der Waals surface area contributed by atoms with Gasteiger partial charge in [0.1, 0.15) is 0 Å². The molecule has 0 spiro atoms. The zero-order valence-corrected chi connectivity index (χ0v) is 9.79. The van der Waals surface area contributed by atoms with Gasteiger partial charge in [0.25, 0.3) is 0 Å². The van der Waals surface area contributed by atoms with Crippen LogP contribution in [0.2, 0.25) is 0 Å². The Balaban J connectivity index is 1.89. The Hall–Kier alpha value is -1.48. The van der Waals surface area contributed by atoms with Gasteiger partial charge in [-0.3, -0.25) is 0 Å². The number of fused-ring (bicyclic) bond motifs is 1. The average molecular weight is 218 g/mol. The molecule has 0 unspecified atom stereocenters. The molecule has 3 nitrogen and oxygen atoms in total. The van der Waals surface area contributed by atoms with E-state index < -0.39 is 0 Å². The molecule has 0 saturated carbocycles. The molecular formula is C13H18N2O. The minimum Gasteiger partial charge on any atom is -0.383 e. The zero-order valence-electron chi connectivity index (χ0n) is 9.79. The molecule has 0 bridgehead atoms. The van der Waals surface area contributed by atoms with Crippen molar-refractivity contribution >= 4 is 16.6 Å². The minimum atomic E-state index is 0.300. The van der Waals surface area contributed by atoms with Gasteiger partial charge in [0.15, 0.2) is 0 Å². The van der Waals surface area contributed by atoms with Crippen molar-refractivity contribution in [1.82, 2.24) is 4.98 Å². The Labute approximate surface area is 95.8 Å². The van der Waals surface area contributed by atoms with Crippen LogP contribution in [0.3, 0.4) is 0 Å². The fourth-order valence-electron chi connectivity index (χ4n) is 1.65. The Morgan fingerprint density at radius 1 is 1.31 bits per heavy atom. The third kappa shape index (κ3) is 2.76. The van der Waals surface area contributed by atoms with Crippen molar-refractivity contribution in [2.45, 2.75) is 20.0 Å². The largest absolute Gasteiger partial charge is 0.383 e. The maximum Gasteiger partial charge on any atom is 0.0642 e. The SMILES string of the molecule is CC(C)OCCNc1ccc2[nH]ccc2c1. The van der Waals surface area contributed by atoms with Crippen LogP contribution in [0.5, 0.6) is 0 Å². The summed E-state index contributed by atoms with van der Waals surface area (Å²) in [7, 11) is 0. The van der Waals surface area contributed by atoms with Crippen molar-refractivity contribution < 1.29 is 4.74 Å². The normalized spacial score (nSPS) is 11.2. The van der Waals surface area contributed by atoms with E-state index in [1.807, 2.05) is 20.0 Å². The number of aromatic nitrogens is 1. The highest BCUT2D eigenvalue weighted by atomic mass is 16.5. The summed E-state index contributed by atoms with van der Waals surface area (Å²) in [5.74, 6) is 0. The van der Waals surface area contributed by atoms with Gasteiger partial charge in [-0.2, -0.15) is 0 Å². The number of hydrogen-bond donors (Lipinski definition) is 2. The maximum absolute atomic E-state index is 5.47. The fourth-order valence-corrected chi connectivity index (χ4v) is 1.65. The van der Waals surface area contributed by atoms with Crippen LogP contribution in [-0.4, -0.2) is 24.2 Å². The number of H-pyrrole nitrogens is 1. The first kappa shape index (κ1) is 11.0. The summed E-state index contributed by atoms with van der Waals surface area (Å²) in [6.07, 6.45) is 2.25. The van der Waals surface area contributed by atoms with E-state index in [2.05, 4.69) is 34.6 Å². The molecule has 0 aliphatic carbocycles. The number of hydrogen-bond acceptors (Lipinski definition) is 2. The summed E-state index contributed by atoms with van der Waals surface area (Å²) >= 11 is 0. The molecule has 2 N–H and O–H groups in total. The van der Waals surface area contributed by atoms with E-state index in [4.69, 9.17) is 4.74 Å². The molecule has 0 aliphatic heterocycles. The lowest BCUT2D eigenvalue weighted by Gasteiger charge is -2.09. The molecule has 2 rings (SSSR count). The highest BCUT2D eigenvalue weighted by molar-refractivity contribution is 5.82. The van der Waals surface area contributed by atoms with E-state index in [0.29, 0.717) is 6.10 Å². The first-order valence-electron chi connectivity index (χ1n) is 5.68. The summed E-state index contributed by atoms with van der Waals surface area (Å²) in [6, 6.07) is 8.38. The molecule has 0 atom stereocenters. The van der Waals surface area contributed by atoms with Gasteiger partial charge in [-0.1, -0.05) is 0 Å². The number of ether oxygens (including phenoxy) is 1. The van der Waals surface area contributed by atoms with Crippen LogP contribution in [-0.2, 0) is 4.74 Å². The summed E-state index contributed by atoms with van der Waals surface area (Å²) in [4.78, 5) is 3.18. The third-order valence-corrected chi connectivity index (χ3v) is 2.44. The van der Waals surface area contributed by atoms with Crippen molar-refractivity contribution in [3.05, 3.63) is 30.5 Å². The molecule has 16 heavy (non-hydrogen) atoms. The predicted molar refractivity (Wildman–Crippen MR) is 67.9 cm³/mol. The van der Waals surface area contributed by atoms with E-state index in [1.54, 1.807) is 0 Å². The topological polar surface area (TPSA) is 37.0 Å². The lowest BCUT2D eigenvalue weighted by atomic mass is 10.2. The monoisotopic (exact) mass is 218 g/mol. The Morgan fingerprint density at radius 3 is 3.00 bits per heavy atom. The average Bonchev–Trinajstić information content (AvgIpc) is 2.71. The van der Waals surface area contributed by atoms with Crippen molar-refractivity contribution in [2.75, 3.05) is 18.5 Å². The van der Waals surface area contributed by atoms with Gasteiger partial charge in [0, 0.05) is 29.3 Å². The quantitative estimate of drug-likeness (QED) is 0.757. The predicted octanol–water partition coefficient (Wildman–Crippen LogP) is 3.00. The number of rotatable bonds is 5. The smallest absolute Gasteiger partial charge is 0.0642 e. The van der Waals surface area contributed by atoms with Gasteiger partial charge < -0.3 is 15.0 Å². The highest BCUT2D eigenvalue weighted by Gasteiger charge is 1.97. The first-order chi connectivity index (χ1) is 7.75. The highest BCUT2D eigenvalue weighted by Crippen LogP contribution is 2.17. The van der Waals surface area contributed by atoms with Crippen molar-refractivity contribution in [2.24, 2.45) is 0 Å². The molecule has 1 aromatic heterocycles. The van der Waals surface area contributed by atoms with Gasteiger partial charge in [-0.15, -0.1) is 0 Å². The fraction of sp³-hybridized carbons (Fsp3) is 0.385. The van der Waals surface area contributed by atoms with Gasteiger partial charge in [0.2, 0.25) is 0 Å². The lowest BCUT2D eigenvalue weighted by molar-refractivity contribution is 0.0870. The van der Waals surface area contributed by atoms with Gasteiger partial charge >= 0.3 is 0 Å². The summed E-state index contributed by atoms with van der Waals surface area (Å²) < 4.78 is 5.47. The van der Waals surface area contributed by atoms with E-state index in [0.717, 1.165) is 18.8 Å². The maximum atomic E-state index is 5.47. The molecule has 0 saturated heterocycles. The second-order valence-corrected chi connectivity index (χ2v) is 4.13. The molecule has 86 valence electrons.